The van der Waals surface area contributed by atoms with Crippen molar-refractivity contribution in [3.8, 4) is 11.4 Å². The molecular weight excluding hydrogens is 392 g/mol. The number of hydrogen-bond donors (Lipinski definition) is 1. The minimum absolute atomic E-state index is 0.0986. The highest BCUT2D eigenvalue weighted by Gasteiger charge is 2.21. The average molecular weight is 415 g/mol. The molecule has 0 aliphatic heterocycles. The summed E-state index contributed by atoms with van der Waals surface area (Å²) >= 11 is 7.44. The van der Waals surface area contributed by atoms with E-state index in [-0.39, 0.29) is 11.2 Å². The minimum Gasteiger partial charge on any atom is -0.325 e. The smallest absolute Gasteiger partial charge is 0.237 e. The van der Waals surface area contributed by atoms with E-state index >= 15 is 0 Å². The number of aromatic nitrogens is 3. The normalized spacial score (nSPS) is 12.0. The van der Waals surface area contributed by atoms with Crippen molar-refractivity contribution in [3.63, 3.8) is 0 Å². The second-order valence-corrected chi connectivity index (χ2v) is 8.32. The number of aryl methyl sites for hydroxylation is 2. The Morgan fingerprint density at radius 3 is 2.64 bits per heavy atom. The van der Waals surface area contributed by atoms with E-state index in [1.165, 1.54) is 11.8 Å². The summed E-state index contributed by atoms with van der Waals surface area (Å²) in [6.07, 6.45) is 0. The molecule has 0 bridgehead atoms. The molecule has 3 rings (SSSR count). The number of anilines is 1. The van der Waals surface area contributed by atoms with Gasteiger partial charge in [0.1, 0.15) is 0 Å². The van der Waals surface area contributed by atoms with Crippen LogP contribution in [0.3, 0.4) is 0 Å². The van der Waals surface area contributed by atoms with Gasteiger partial charge in [-0.2, -0.15) is 0 Å². The summed E-state index contributed by atoms with van der Waals surface area (Å²) in [4.78, 5) is 12.7. The quantitative estimate of drug-likeness (QED) is 0.552. The van der Waals surface area contributed by atoms with Gasteiger partial charge >= 0.3 is 0 Å². The van der Waals surface area contributed by atoms with Crippen LogP contribution in [0.4, 0.5) is 5.69 Å². The van der Waals surface area contributed by atoms with Crippen LogP contribution in [0.15, 0.2) is 47.6 Å². The standard InChI is InChI=1S/C21H23ClN4OS/c1-5-26-19(17-9-7-6-8-13(17)2)24-25-21(26)28-15(4)20(27)23-18-12-16(22)11-10-14(18)3/h6-12,15H,5H2,1-4H3,(H,23,27)/t15-/m0/s1. The fraction of sp³-hybridized carbons (Fsp3) is 0.286. The molecule has 0 saturated heterocycles. The molecule has 0 radical (unpaired) electrons. The highest BCUT2D eigenvalue weighted by atomic mass is 35.5. The molecule has 1 atom stereocenters. The molecule has 5 nitrogen and oxygen atoms in total. The third-order valence-corrected chi connectivity index (χ3v) is 5.84. The Labute approximate surface area is 174 Å². The van der Waals surface area contributed by atoms with Gasteiger partial charge in [0.05, 0.1) is 5.25 Å². The Morgan fingerprint density at radius 1 is 1.18 bits per heavy atom. The number of amides is 1. The first-order valence-corrected chi connectivity index (χ1v) is 10.4. The predicted octanol–water partition coefficient (Wildman–Crippen LogP) is 5.35. The minimum atomic E-state index is -0.336. The third-order valence-electron chi connectivity index (χ3n) is 4.53. The average Bonchev–Trinajstić information content (AvgIpc) is 3.07. The summed E-state index contributed by atoms with van der Waals surface area (Å²) in [5.41, 5.74) is 3.88. The third kappa shape index (κ3) is 4.39. The second kappa shape index (κ2) is 8.80. The summed E-state index contributed by atoms with van der Waals surface area (Å²) in [7, 11) is 0. The number of thioether (sulfide) groups is 1. The first kappa shape index (κ1) is 20.4. The molecule has 0 saturated carbocycles. The van der Waals surface area contributed by atoms with E-state index in [1.807, 2.05) is 48.7 Å². The van der Waals surface area contributed by atoms with Gasteiger partial charge in [0.25, 0.3) is 0 Å². The number of hydrogen-bond acceptors (Lipinski definition) is 4. The van der Waals surface area contributed by atoms with E-state index in [2.05, 4.69) is 35.4 Å². The molecule has 2 aromatic carbocycles. The molecule has 0 unspecified atom stereocenters. The molecule has 1 heterocycles. The number of nitrogens with zero attached hydrogens (tertiary/aromatic N) is 3. The van der Waals surface area contributed by atoms with E-state index in [4.69, 9.17) is 11.6 Å². The van der Waals surface area contributed by atoms with Crippen molar-refractivity contribution in [2.45, 2.75) is 44.6 Å². The number of nitrogens with one attached hydrogen (secondary N) is 1. The lowest BCUT2D eigenvalue weighted by Crippen LogP contribution is -2.23. The SMILES string of the molecule is CCn1c(S[C@@H](C)C(=O)Nc2cc(Cl)ccc2C)nnc1-c1ccccc1C. The number of carbonyl (C=O) groups excluding carboxylic acids is 1. The van der Waals surface area contributed by atoms with Crippen LogP contribution in [-0.4, -0.2) is 25.9 Å². The monoisotopic (exact) mass is 414 g/mol. The van der Waals surface area contributed by atoms with Crippen molar-refractivity contribution >= 4 is 35.0 Å². The Balaban J connectivity index is 1.79. The van der Waals surface area contributed by atoms with E-state index in [0.717, 1.165) is 39.9 Å². The van der Waals surface area contributed by atoms with E-state index < -0.39 is 0 Å². The summed E-state index contributed by atoms with van der Waals surface area (Å²) in [6.45, 7) is 8.63. The fourth-order valence-electron chi connectivity index (χ4n) is 2.86. The van der Waals surface area contributed by atoms with Crippen molar-refractivity contribution in [2.24, 2.45) is 0 Å². The first-order valence-electron chi connectivity index (χ1n) is 9.13. The van der Waals surface area contributed by atoms with Crippen LogP contribution in [0, 0.1) is 13.8 Å². The molecule has 0 aliphatic rings. The van der Waals surface area contributed by atoms with Crippen molar-refractivity contribution in [2.75, 3.05) is 5.32 Å². The maximum atomic E-state index is 12.7. The second-order valence-electron chi connectivity index (χ2n) is 6.57. The molecule has 7 heteroatoms. The fourth-order valence-corrected chi connectivity index (χ4v) is 3.94. The lowest BCUT2D eigenvalue weighted by molar-refractivity contribution is -0.115. The van der Waals surface area contributed by atoms with Gasteiger partial charge < -0.3 is 9.88 Å². The highest BCUT2D eigenvalue weighted by molar-refractivity contribution is 8.00. The molecule has 0 fully saturated rings. The van der Waals surface area contributed by atoms with Gasteiger partial charge in [-0.3, -0.25) is 4.79 Å². The predicted molar refractivity (Wildman–Crippen MR) is 116 cm³/mol. The van der Waals surface area contributed by atoms with Gasteiger partial charge in [-0.05, 0) is 51.0 Å². The van der Waals surface area contributed by atoms with Gasteiger partial charge in [-0.25, -0.2) is 0 Å². The highest BCUT2D eigenvalue weighted by Crippen LogP contribution is 2.29. The zero-order chi connectivity index (χ0) is 20.3. The van der Waals surface area contributed by atoms with Crippen molar-refractivity contribution in [1.82, 2.24) is 14.8 Å². The lowest BCUT2D eigenvalue weighted by atomic mass is 10.1. The number of rotatable bonds is 6. The van der Waals surface area contributed by atoms with Gasteiger partial charge in [-0.1, -0.05) is 53.7 Å². The summed E-state index contributed by atoms with van der Waals surface area (Å²) in [5.74, 6) is 0.722. The molecule has 1 N–H and O–H groups in total. The van der Waals surface area contributed by atoms with Gasteiger partial charge in [0.2, 0.25) is 5.91 Å². The van der Waals surface area contributed by atoms with Crippen LogP contribution in [0.1, 0.15) is 25.0 Å². The molecule has 0 spiro atoms. The first-order chi connectivity index (χ1) is 13.4. The van der Waals surface area contributed by atoms with Crippen LogP contribution in [0.5, 0.6) is 0 Å². The maximum absolute atomic E-state index is 12.7. The van der Waals surface area contributed by atoms with Gasteiger partial charge in [0.15, 0.2) is 11.0 Å². The largest absolute Gasteiger partial charge is 0.325 e. The Morgan fingerprint density at radius 2 is 1.93 bits per heavy atom. The van der Waals surface area contributed by atoms with Crippen molar-refractivity contribution in [3.05, 3.63) is 58.6 Å². The summed E-state index contributed by atoms with van der Waals surface area (Å²) in [5, 5.41) is 12.7. The van der Waals surface area contributed by atoms with Crippen LogP contribution >= 0.6 is 23.4 Å². The lowest BCUT2D eigenvalue weighted by Gasteiger charge is -2.14. The molecule has 1 aromatic heterocycles. The molecule has 146 valence electrons. The Kier molecular flexibility index (Phi) is 6.42. The van der Waals surface area contributed by atoms with Crippen LogP contribution in [0.2, 0.25) is 5.02 Å². The van der Waals surface area contributed by atoms with Gasteiger partial charge in [-0.15, -0.1) is 10.2 Å². The topological polar surface area (TPSA) is 59.8 Å². The Hall–Kier alpha value is -2.31. The van der Waals surface area contributed by atoms with Gasteiger partial charge in [0, 0.05) is 22.8 Å². The van der Waals surface area contributed by atoms with Crippen LogP contribution in [-0.2, 0) is 11.3 Å². The molecule has 28 heavy (non-hydrogen) atoms. The summed E-state index contributed by atoms with van der Waals surface area (Å²) < 4.78 is 2.04. The van der Waals surface area contributed by atoms with Crippen molar-refractivity contribution in [1.29, 1.82) is 0 Å². The van der Waals surface area contributed by atoms with E-state index in [0.29, 0.717) is 5.02 Å². The number of carbonyl (C=O) groups is 1. The zero-order valence-electron chi connectivity index (χ0n) is 16.4. The Bertz CT molecular complexity index is 1000. The molecule has 3 aromatic rings. The molecule has 1 amide bonds. The van der Waals surface area contributed by atoms with Crippen LogP contribution in [0.25, 0.3) is 11.4 Å². The van der Waals surface area contributed by atoms with Crippen molar-refractivity contribution < 1.29 is 4.79 Å². The summed E-state index contributed by atoms with van der Waals surface area (Å²) in [6, 6.07) is 13.5. The number of halogens is 1. The van der Waals surface area contributed by atoms with E-state index in [9.17, 15) is 4.79 Å². The zero-order valence-corrected chi connectivity index (χ0v) is 17.9. The maximum Gasteiger partial charge on any atom is 0.237 e. The van der Waals surface area contributed by atoms with Crippen LogP contribution < -0.4 is 5.32 Å². The molecule has 0 aliphatic carbocycles. The van der Waals surface area contributed by atoms with E-state index in [1.54, 1.807) is 6.07 Å². The molecular formula is C21H23ClN4OS. The number of benzene rings is 2.